The van der Waals surface area contributed by atoms with Crippen LogP contribution in [0.25, 0.3) is 6.08 Å². The lowest BCUT2D eigenvalue weighted by Crippen LogP contribution is -2.40. The number of fused-ring (bicyclic) bond motifs is 1. The van der Waals surface area contributed by atoms with Crippen LogP contribution < -0.4 is 29.1 Å². The van der Waals surface area contributed by atoms with Gasteiger partial charge in [0.15, 0.2) is 16.3 Å². The van der Waals surface area contributed by atoms with Crippen LogP contribution in [0.15, 0.2) is 57.5 Å². The first-order valence-corrected chi connectivity index (χ1v) is 14.3. The highest BCUT2D eigenvalue weighted by molar-refractivity contribution is 7.07. The van der Waals surface area contributed by atoms with Gasteiger partial charge >= 0.3 is 5.97 Å². The van der Waals surface area contributed by atoms with Gasteiger partial charge in [-0.2, -0.15) is 0 Å². The number of rotatable bonds is 10. The van der Waals surface area contributed by atoms with E-state index in [1.54, 1.807) is 38.3 Å². The maximum atomic E-state index is 14.0. The minimum atomic E-state index is -0.830. The van der Waals surface area contributed by atoms with Crippen molar-refractivity contribution in [3.05, 3.63) is 83.5 Å². The van der Waals surface area contributed by atoms with Gasteiger partial charge in [-0.3, -0.25) is 9.36 Å². The van der Waals surface area contributed by atoms with Crippen molar-refractivity contribution in [3.63, 3.8) is 0 Å². The molecule has 2 aromatic carbocycles. The fourth-order valence-electron chi connectivity index (χ4n) is 4.61. The molecule has 1 aliphatic rings. The number of benzene rings is 2. The van der Waals surface area contributed by atoms with Crippen LogP contribution in [0.1, 0.15) is 57.7 Å². The number of thiazole rings is 1. The van der Waals surface area contributed by atoms with Gasteiger partial charge in [-0.15, -0.1) is 0 Å². The quantitative estimate of drug-likeness (QED) is 0.310. The number of nitrogens with zero attached hydrogens (tertiary/aromatic N) is 2. The van der Waals surface area contributed by atoms with Crippen molar-refractivity contribution in [2.75, 3.05) is 20.8 Å². The number of carbonyl (C=O) groups is 1. The third-order valence-corrected chi connectivity index (χ3v) is 7.44. The van der Waals surface area contributed by atoms with Crippen molar-refractivity contribution < 1.29 is 23.7 Å². The maximum Gasteiger partial charge on any atom is 0.338 e. The summed E-state index contributed by atoms with van der Waals surface area (Å²) in [7, 11) is 3.11. The molecule has 0 saturated heterocycles. The Bertz CT molecular complexity index is 1620. The summed E-state index contributed by atoms with van der Waals surface area (Å²) in [6.07, 6.45) is 3.05. The minimum Gasteiger partial charge on any atom is -0.496 e. The molecule has 40 heavy (non-hydrogen) atoms. The highest BCUT2D eigenvalue weighted by Gasteiger charge is 2.36. The summed E-state index contributed by atoms with van der Waals surface area (Å²) in [5.41, 5.74) is 1.92. The van der Waals surface area contributed by atoms with Crippen LogP contribution in [0.3, 0.4) is 0 Å². The Kier molecular flexibility index (Phi) is 9.37. The van der Waals surface area contributed by atoms with E-state index < -0.39 is 12.0 Å². The first-order valence-electron chi connectivity index (χ1n) is 13.1. The average Bonchev–Trinajstić information content (AvgIpc) is 3.22. The summed E-state index contributed by atoms with van der Waals surface area (Å²) >= 11 is 7.66. The fraction of sp³-hybridized carbons (Fsp3) is 0.367. The third-order valence-electron chi connectivity index (χ3n) is 6.23. The lowest BCUT2D eigenvalue weighted by molar-refractivity contribution is -0.139. The summed E-state index contributed by atoms with van der Waals surface area (Å²) in [5.74, 6) is 1.15. The molecule has 0 bridgehead atoms. The zero-order valence-electron chi connectivity index (χ0n) is 23.4. The largest absolute Gasteiger partial charge is 0.496 e. The van der Waals surface area contributed by atoms with E-state index in [0.29, 0.717) is 54.9 Å². The number of aromatic nitrogens is 1. The van der Waals surface area contributed by atoms with Crippen LogP contribution in [0.4, 0.5) is 0 Å². The molecule has 0 N–H and O–H groups in total. The Balaban J connectivity index is 1.98. The molecule has 0 fully saturated rings. The first kappa shape index (κ1) is 29.4. The molecule has 0 spiro atoms. The topological polar surface area (TPSA) is 88.4 Å². The number of carbonyl (C=O) groups excluding carboxylic acids is 1. The van der Waals surface area contributed by atoms with Gasteiger partial charge in [0.05, 0.1) is 42.7 Å². The molecule has 0 amide bonds. The second-order valence-electron chi connectivity index (χ2n) is 9.38. The number of allylic oxidation sites excluding steroid dienone is 1. The van der Waals surface area contributed by atoms with Crippen molar-refractivity contribution in [1.29, 1.82) is 0 Å². The van der Waals surface area contributed by atoms with E-state index in [2.05, 4.69) is 0 Å². The monoisotopic (exact) mass is 584 g/mol. The second kappa shape index (κ2) is 12.7. The third kappa shape index (κ3) is 5.95. The molecule has 1 aromatic heterocycles. The van der Waals surface area contributed by atoms with Crippen molar-refractivity contribution in [2.24, 2.45) is 4.99 Å². The fourth-order valence-corrected chi connectivity index (χ4v) is 5.81. The zero-order chi connectivity index (χ0) is 29.0. The summed E-state index contributed by atoms with van der Waals surface area (Å²) in [6, 6.07) is 9.82. The average molecular weight is 585 g/mol. The Morgan fingerprint density at radius 3 is 2.48 bits per heavy atom. The maximum absolute atomic E-state index is 14.0. The first-order chi connectivity index (χ1) is 19.2. The predicted molar refractivity (Wildman–Crippen MR) is 156 cm³/mol. The van der Waals surface area contributed by atoms with Gasteiger partial charge in [0, 0.05) is 10.6 Å². The molecule has 10 heteroatoms. The van der Waals surface area contributed by atoms with Crippen LogP contribution in [0.5, 0.6) is 17.2 Å². The Morgan fingerprint density at radius 1 is 1.10 bits per heavy atom. The van der Waals surface area contributed by atoms with E-state index in [1.807, 2.05) is 39.0 Å². The number of methoxy groups -OCH3 is 2. The standard InChI is InChI=1S/C30H33ClN2O6S/c1-7-9-21-26(29(35)38-8-2)27(20-16-19(31)11-13-22(20)36-5)33-28(34)25(40-30(33)32-21)15-18-10-12-23(39-17(3)4)24(14-18)37-6/h10-17,27H,7-9H2,1-6H3/b25-15+/t27-/m1/s1. The van der Waals surface area contributed by atoms with Crippen molar-refractivity contribution in [2.45, 2.75) is 52.7 Å². The molecule has 2 heterocycles. The number of ether oxygens (including phenoxy) is 4. The van der Waals surface area contributed by atoms with Gasteiger partial charge in [0.25, 0.3) is 5.56 Å². The van der Waals surface area contributed by atoms with E-state index >= 15 is 0 Å². The van der Waals surface area contributed by atoms with E-state index in [4.69, 9.17) is 35.5 Å². The lowest BCUT2D eigenvalue weighted by atomic mass is 9.93. The zero-order valence-corrected chi connectivity index (χ0v) is 25.0. The summed E-state index contributed by atoms with van der Waals surface area (Å²) in [6.45, 7) is 7.82. The molecule has 0 radical (unpaired) electrons. The molecule has 1 atom stereocenters. The van der Waals surface area contributed by atoms with Crippen LogP contribution in [0.2, 0.25) is 5.02 Å². The van der Waals surface area contributed by atoms with Crippen molar-refractivity contribution >= 4 is 35.0 Å². The number of hydrogen-bond acceptors (Lipinski definition) is 8. The molecule has 0 aliphatic carbocycles. The highest BCUT2D eigenvalue weighted by Crippen LogP contribution is 2.38. The summed E-state index contributed by atoms with van der Waals surface area (Å²) in [5, 5.41) is 0.450. The molecule has 4 rings (SSSR count). The second-order valence-corrected chi connectivity index (χ2v) is 10.8. The van der Waals surface area contributed by atoms with Crippen LogP contribution in [-0.4, -0.2) is 37.5 Å². The molecular weight excluding hydrogens is 552 g/mol. The summed E-state index contributed by atoms with van der Waals surface area (Å²) < 4.78 is 24.4. The van der Waals surface area contributed by atoms with Gasteiger partial charge in [-0.1, -0.05) is 42.3 Å². The van der Waals surface area contributed by atoms with Gasteiger partial charge < -0.3 is 18.9 Å². The Labute approximate surface area is 242 Å². The van der Waals surface area contributed by atoms with E-state index in [1.165, 1.54) is 23.0 Å². The SMILES string of the molecule is CCCC1=C(C(=O)OCC)[C@@H](c2cc(Cl)ccc2OC)n2c(s/c(=C/c3ccc(OC(C)C)c(OC)c3)c2=O)=N1. The molecule has 212 valence electrons. The molecule has 3 aromatic rings. The normalized spacial score (nSPS) is 15.1. The molecule has 0 saturated carbocycles. The summed E-state index contributed by atoms with van der Waals surface area (Å²) in [4.78, 5) is 32.7. The Morgan fingerprint density at radius 2 is 1.82 bits per heavy atom. The van der Waals surface area contributed by atoms with Crippen LogP contribution >= 0.6 is 22.9 Å². The van der Waals surface area contributed by atoms with Crippen molar-refractivity contribution in [3.8, 4) is 17.2 Å². The molecular formula is C30H33ClN2O6S. The van der Waals surface area contributed by atoms with Gasteiger partial charge in [-0.05, 0) is 69.2 Å². The molecule has 0 unspecified atom stereocenters. The van der Waals surface area contributed by atoms with Crippen LogP contribution in [-0.2, 0) is 9.53 Å². The van der Waals surface area contributed by atoms with Crippen molar-refractivity contribution in [1.82, 2.24) is 4.57 Å². The highest BCUT2D eigenvalue weighted by atomic mass is 35.5. The van der Waals surface area contributed by atoms with Gasteiger partial charge in [-0.25, -0.2) is 9.79 Å². The van der Waals surface area contributed by atoms with Gasteiger partial charge in [0.1, 0.15) is 11.8 Å². The minimum absolute atomic E-state index is 0.0159. The molecule has 8 nitrogen and oxygen atoms in total. The number of hydrogen-bond donors (Lipinski definition) is 0. The lowest BCUT2D eigenvalue weighted by Gasteiger charge is -2.27. The van der Waals surface area contributed by atoms with Gasteiger partial charge in [0.2, 0.25) is 0 Å². The smallest absolute Gasteiger partial charge is 0.338 e. The number of halogens is 1. The van der Waals surface area contributed by atoms with E-state index in [-0.39, 0.29) is 18.3 Å². The predicted octanol–water partition coefficient (Wildman–Crippen LogP) is 5.04. The molecule has 1 aliphatic heterocycles. The van der Waals surface area contributed by atoms with E-state index in [9.17, 15) is 9.59 Å². The Hall–Kier alpha value is -3.56. The number of esters is 1. The van der Waals surface area contributed by atoms with Crippen LogP contribution in [0, 0.1) is 0 Å². The van der Waals surface area contributed by atoms with E-state index in [0.717, 1.165) is 12.0 Å².